The van der Waals surface area contributed by atoms with Gasteiger partial charge in [-0.25, -0.2) is 0 Å². The van der Waals surface area contributed by atoms with E-state index in [2.05, 4.69) is 83.5 Å². The molecule has 0 saturated carbocycles. The second-order valence-corrected chi connectivity index (χ2v) is 6.44. The molecule has 0 fully saturated rings. The first-order chi connectivity index (χ1) is 12.4. The molecule has 0 aliphatic carbocycles. The van der Waals surface area contributed by atoms with Crippen molar-refractivity contribution in [2.24, 2.45) is 0 Å². The fraction of sp³-hybridized carbons (Fsp3) is 0.167. The summed E-state index contributed by atoms with van der Waals surface area (Å²) in [6.07, 6.45) is 1.09. The van der Waals surface area contributed by atoms with Crippen molar-refractivity contribution >= 4 is 0 Å². The summed E-state index contributed by atoms with van der Waals surface area (Å²) >= 11 is 0. The van der Waals surface area contributed by atoms with Crippen molar-refractivity contribution in [3.8, 4) is 11.8 Å². The number of hydrogen-bond acceptors (Lipinski definition) is 1. The van der Waals surface area contributed by atoms with Crippen molar-refractivity contribution < 1.29 is 0 Å². The van der Waals surface area contributed by atoms with Crippen LogP contribution in [0.1, 0.15) is 28.3 Å². The van der Waals surface area contributed by atoms with Gasteiger partial charge in [-0.15, -0.1) is 0 Å². The third-order valence-corrected chi connectivity index (χ3v) is 4.74. The third kappa shape index (κ3) is 3.65. The Morgan fingerprint density at radius 3 is 2.28 bits per heavy atom. The first kappa shape index (κ1) is 15.7. The zero-order valence-electron chi connectivity index (χ0n) is 14.2. The molecule has 0 spiro atoms. The fourth-order valence-electron chi connectivity index (χ4n) is 3.45. The Bertz CT molecular complexity index is 887. The lowest BCUT2D eigenvalue weighted by Crippen LogP contribution is -2.34. The summed E-state index contributed by atoms with van der Waals surface area (Å²) in [4.78, 5) is 2.49. The van der Waals surface area contributed by atoms with E-state index in [0.717, 1.165) is 25.1 Å². The molecular formula is C24H21N. The van der Waals surface area contributed by atoms with Crippen molar-refractivity contribution in [3.05, 3.63) is 107 Å². The van der Waals surface area contributed by atoms with Crippen molar-refractivity contribution in [3.63, 3.8) is 0 Å². The van der Waals surface area contributed by atoms with Crippen LogP contribution in [0, 0.1) is 11.8 Å². The van der Waals surface area contributed by atoms with Crippen LogP contribution in [0.4, 0.5) is 0 Å². The molecule has 0 amide bonds. The van der Waals surface area contributed by atoms with E-state index in [-0.39, 0.29) is 6.04 Å². The Balaban J connectivity index is 1.67. The smallest absolute Gasteiger partial charge is 0.0980 e. The van der Waals surface area contributed by atoms with Crippen LogP contribution in [-0.2, 0) is 13.0 Å². The molecule has 1 nitrogen and oxygen atoms in total. The maximum absolute atomic E-state index is 3.54. The maximum Gasteiger partial charge on any atom is 0.0980 e. The van der Waals surface area contributed by atoms with Gasteiger partial charge in [0.2, 0.25) is 0 Å². The number of hydrogen-bond donors (Lipinski definition) is 0. The highest BCUT2D eigenvalue weighted by Crippen LogP contribution is 2.30. The van der Waals surface area contributed by atoms with Crippen LogP contribution in [0.15, 0.2) is 84.9 Å². The quantitative estimate of drug-likeness (QED) is 0.610. The van der Waals surface area contributed by atoms with Gasteiger partial charge in [-0.05, 0) is 35.2 Å². The average molecular weight is 323 g/mol. The topological polar surface area (TPSA) is 3.24 Å². The molecular weight excluding hydrogens is 302 g/mol. The normalized spacial score (nSPS) is 16.6. The molecule has 1 aliphatic rings. The Morgan fingerprint density at radius 2 is 1.48 bits per heavy atom. The van der Waals surface area contributed by atoms with Gasteiger partial charge in [0.05, 0.1) is 6.04 Å². The molecule has 0 unspecified atom stereocenters. The molecule has 0 N–H and O–H groups in total. The van der Waals surface area contributed by atoms with Crippen LogP contribution < -0.4 is 0 Å². The van der Waals surface area contributed by atoms with Crippen LogP contribution in [0.25, 0.3) is 0 Å². The van der Waals surface area contributed by atoms with Gasteiger partial charge < -0.3 is 0 Å². The van der Waals surface area contributed by atoms with Crippen LogP contribution in [0.5, 0.6) is 0 Å². The first-order valence-electron chi connectivity index (χ1n) is 8.82. The second kappa shape index (κ2) is 7.38. The lowest BCUT2D eigenvalue weighted by Gasteiger charge is -2.34. The third-order valence-electron chi connectivity index (χ3n) is 4.74. The molecule has 1 heterocycles. The van der Waals surface area contributed by atoms with Gasteiger partial charge >= 0.3 is 0 Å². The van der Waals surface area contributed by atoms with Gasteiger partial charge in [0.1, 0.15) is 0 Å². The van der Waals surface area contributed by atoms with E-state index in [1.807, 2.05) is 18.2 Å². The van der Waals surface area contributed by atoms with Crippen LogP contribution >= 0.6 is 0 Å². The van der Waals surface area contributed by atoms with E-state index in [1.165, 1.54) is 16.7 Å². The molecule has 122 valence electrons. The maximum atomic E-state index is 3.54. The zero-order valence-corrected chi connectivity index (χ0v) is 14.2. The summed E-state index contributed by atoms with van der Waals surface area (Å²) in [7, 11) is 0. The second-order valence-electron chi connectivity index (χ2n) is 6.44. The molecule has 0 saturated heterocycles. The molecule has 0 bridgehead atoms. The summed E-state index contributed by atoms with van der Waals surface area (Å²) < 4.78 is 0. The van der Waals surface area contributed by atoms with Crippen molar-refractivity contribution in [1.82, 2.24) is 4.90 Å². The van der Waals surface area contributed by atoms with Crippen LogP contribution in [-0.4, -0.2) is 11.4 Å². The number of benzene rings is 3. The van der Waals surface area contributed by atoms with Gasteiger partial charge in [-0.1, -0.05) is 84.6 Å². The standard InChI is InChI=1S/C24H21N/c1-3-9-20(10-4-1)15-16-24-23-14-8-7-13-22(23)17-18-25(24)19-21-11-5-2-6-12-21/h1-14,24H,17-19H2/t24-/m0/s1. The van der Waals surface area contributed by atoms with Gasteiger partial charge in [0.15, 0.2) is 0 Å². The van der Waals surface area contributed by atoms with E-state index >= 15 is 0 Å². The van der Waals surface area contributed by atoms with Gasteiger partial charge in [0, 0.05) is 18.7 Å². The summed E-state index contributed by atoms with van der Waals surface area (Å²) in [6.45, 7) is 1.98. The Labute approximate surface area is 149 Å². The van der Waals surface area contributed by atoms with Crippen molar-refractivity contribution in [2.45, 2.75) is 19.0 Å². The highest BCUT2D eigenvalue weighted by Gasteiger charge is 2.25. The largest absolute Gasteiger partial charge is 0.281 e. The minimum Gasteiger partial charge on any atom is -0.281 e. The van der Waals surface area contributed by atoms with Crippen molar-refractivity contribution in [1.29, 1.82) is 0 Å². The van der Waals surface area contributed by atoms with Crippen LogP contribution in [0.2, 0.25) is 0 Å². The minimum absolute atomic E-state index is 0.144. The molecule has 1 atom stereocenters. The van der Waals surface area contributed by atoms with Gasteiger partial charge in [-0.2, -0.15) is 0 Å². The van der Waals surface area contributed by atoms with E-state index in [4.69, 9.17) is 0 Å². The predicted octanol–water partition coefficient (Wildman–Crippen LogP) is 4.84. The Morgan fingerprint density at radius 1 is 0.800 bits per heavy atom. The lowest BCUT2D eigenvalue weighted by molar-refractivity contribution is 0.217. The highest BCUT2D eigenvalue weighted by molar-refractivity contribution is 5.41. The van der Waals surface area contributed by atoms with Gasteiger partial charge in [-0.3, -0.25) is 4.90 Å². The number of nitrogens with zero attached hydrogens (tertiary/aromatic N) is 1. The number of fused-ring (bicyclic) bond motifs is 1. The molecule has 1 heteroatoms. The minimum atomic E-state index is 0.144. The zero-order chi connectivity index (χ0) is 16.9. The summed E-state index contributed by atoms with van der Waals surface area (Å²) in [5.41, 5.74) is 5.20. The average Bonchev–Trinajstić information content (AvgIpc) is 2.68. The Hall–Kier alpha value is -2.82. The fourth-order valence-corrected chi connectivity index (χ4v) is 3.45. The molecule has 0 radical (unpaired) electrons. The van der Waals surface area contributed by atoms with E-state index < -0.39 is 0 Å². The first-order valence-corrected chi connectivity index (χ1v) is 8.82. The summed E-state index contributed by atoms with van der Waals surface area (Å²) in [6, 6.07) is 29.8. The van der Waals surface area contributed by atoms with E-state index in [0.29, 0.717) is 0 Å². The molecule has 0 aromatic heterocycles. The molecule has 3 aromatic carbocycles. The molecule has 4 rings (SSSR count). The number of rotatable bonds is 2. The van der Waals surface area contributed by atoms with Gasteiger partial charge in [0.25, 0.3) is 0 Å². The highest BCUT2D eigenvalue weighted by atomic mass is 15.2. The molecule has 25 heavy (non-hydrogen) atoms. The molecule has 3 aromatic rings. The summed E-state index contributed by atoms with van der Waals surface area (Å²) in [5, 5.41) is 0. The monoisotopic (exact) mass is 323 g/mol. The van der Waals surface area contributed by atoms with E-state index in [1.54, 1.807) is 0 Å². The summed E-state index contributed by atoms with van der Waals surface area (Å²) in [5.74, 6) is 6.92. The van der Waals surface area contributed by atoms with E-state index in [9.17, 15) is 0 Å². The SMILES string of the molecule is C(#C[C@H]1c2ccccc2CCN1Cc1ccccc1)c1ccccc1. The Kier molecular flexibility index (Phi) is 4.63. The van der Waals surface area contributed by atoms with Crippen molar-refractivity contribution in [2.75, 3.05) is 6.54 Å². The molecule has 1 aliphatic heterocycles. The lowest BCUT2D eigenvalue weighted by atomic mass is 9.92. The predicted molar refractivity (Wildman–Crippen MR) is 103 cm³/mol. The van der Waals surface area contributed by atoms with Crippen LogP contribution in [0.3, 0.4) is 0 Å².